The van der Waals surface area contributed by atoms with Crippen molar-refractivity contribution in [3.8, 4) is 0 Å². The van der Waals surface area contributed by atoms with Crippen LogP contribution in [0.15, 0.2) is 0 Å². The Hall–Kier alpha value is -4.04. The Balaban J connectivity index is 0.00000106. The van der Waals surface area contributed by atoms with Crippen LogP contribution in [-0.2, 0) is 85.7 Å². The molecule has 12 N–H and O–H groups in total. The van der Waals surface area contributed by atoms with E-state index in [9.17, 15) is 89.4 Å². The van der Waals surface area contributed by atoms with Crippen molar-refractivity contribution >= 4 is 46.6 Å². The maximum absolute atomic E-state index is 12.8. The molecule has 31 nitrogen and oxygen atoms in total. The van der Waals surface area contributed by atoms with Gasteiger partial charge in [0.25, 0.3) is 0 Å². The van der Waals surface area contributed by atoms with E-state index >= 15 is 0 Å². The minimum absolute atomic E-state index is 0.00122. The molecule has 0 aromatic carbocycles. The molecule has 117 heavy (non-hydrogen) atoms. The molecule has 0 aromatic heterocycles. The van der Waals surface area contributed by atoms with Crippen LogP contribution in [0.5, 0.6) is 0 Å². The average molecular weight is 1680 g/mol. The number of aliphatic hydroxyl groups is 10. The summed E-state index contributed by atoms with van der Waals surface area (Å²) >= 11 is 0. The first-order valence-corrected chi connectivity index (χ1v) is 44.1. The molecule has 4 aliphatic rings. The third-order valence-electron chi connectivity index (χ3n) is 22.0. The summed E-state index contributed by atoms with van der Waals surface area (Å²) in [5.41, 5.74) is -0.915. The molecule has 0 aliphatic carbocycles. The number of carbonyl (C=O) groups excluding carboxylic acids is 8. The molecule has 3 amide bonds. The van der Waals surface area contributed by atoms with Gasteiger partial charge in [-0.2, -0.15) is 0 Å². The van der Waals surface area contributed by atoms with Crippen LogP contribution in [-0.4, -0.2) is 300 Å². The molecule has 0 bridgehead atoms. The normalized spacial score (nSPS) is 26.0. The lowest BCUT2D eigenvalue weighted by atomic mass is 9.92. The second-order valence-corrected chi connectivity index (χ2v) is 34.0. The minimum atomic E-state index is -1.21. The summed E-state index contributed by atoms with van der Waals surface area (Å²) < 4.78 is 57.6. The number of rotatable bonds is 66. The van der Waals surface area contributed by atoms with Gasteiger partial charge in [0.1, 0.15) is 65.5 Å². The van der Waals surface area contributed by atoms with Gasteiger partial charge < -0.3 is 114 Å². The number of ketones is 5. The molecule has 15 unspecified atom stereocenters. The van der Waals surface area contributed by atoms with E-state index in [1.165, 1.54) is 25.7 Å². The summed E-state index contributed by atoms with van der Waals surface area (Å²) in [5.74, 6) is -0.960. The highest BCUT2D eigenvalue weighted by Gasteiger charge is 2.45. The van der Waals surface area contributed by atoms with Crippen molar-refractivity contribution < 1.29 is 137 Å². The zero-order valence-electron chi connectivity index (χ0n) is 72.1. The molecule has 0 spiro atoms. The van der Waals surface area contributed by atoms with E-state index in [-0.39, 0.29) is 124 Å². The average Bonchev–Trinajstić information content (AvgIpc) is 1.69. The third-order valence-corrected chi connectivity index (χ3v) is 22.0. The molecule has 4 saturated heterocycles. The highest BCUT2D eigenvalue weighted by Crippen LogP contribution is 2.31. The predicted octanol–water partition coefficient (Wildman–Crippen LogP) is 6.44. The molecule has 4 rings (SSSR count). The fourth-order valence-electron chi connectivity index (χ4n) is 14.2. The van der Waals surface area contributed by atoms with E-state index in [0.29, 0.717) is 174 Å². The molecule has 17 atom stereocenters. The Bertz CT molecular complexity index is 2490. The largest absolute Gasteiger partial charge is 0.394 e. The number of nitrogens with zero attached hydrogens (tertiary/aromatic N) is 1. The lowest BCUT2D eigenvalue weighted by molar-refractivity contribution is -0.282. The summed E-state index contributed by atoms with van der Waals surface area (Å²) in [7, 11) is 0. The van der Waals surface area contributed by atoms with Crippen LogP contribution in [0.4, 0.5) is 0 Å². The quantitative estimate of drug-likeness (QED) is 0.0291. The number of β-amino-alcohol motifs (C(OH)–C–C–N with tert-alkyl or cyclic N) is 1. The van der Waals surface area contributed by atoms with Gasteiger partial charge in [-0.1, -0.05) is 86.0 Å². The zero-order chi connectivity index (χ0) is 86.6. The highest BCUT2D eigenvalue weighted by molar-refractivity contribution is 5.80. The molecule has 31 heteroatoms. The van der Waals surface area contributed by atoms with Crippen molar-refractivity contribution in [3.63, 3.8) is 0 Å². The van der Waals surface area contributed by atoms with Gasteiger partial charge in [0.05, 0.1) is 102 Å². The van der Waals surface area contributed by atoms with Crippen molar-refractivity contribution in [2.75, 3.05) is 106 Å². The Labute approximate surface area is 696 Å². The topological polar surface area (TPSA) is 458 Å². The van der Waals surface area contributed by atoms with Crippen LogP contribution in [0.25, 0.3) is 0 Å². The van der Waals surface area contributed by atoms with Gasteiger partial charge in [0.15, 0.2) is 18.9 Å². The molecule has 0 aromatic rings. The summed E-state index contributed by atoms with van der Waals surface area (Å²) in [4.78, 5) is 101. The van der Waals surface area contributed by atoms with Gasteiger partial charge in [-0.3, -0.25) is 38.4 Å². The van der Waals surface area contributed by atoms with Crippen LogP contribution in [0, 0.1) is 23.2 Å². The number of hydrogen-bond acceptors (Lipinski definition) is 28. The fraction of sp³-hybridized carbons (Fsp3) is 0.907. The molecule has 4 heterocycles. The number of unbranched alkanes of at least 4 members (excludes halogenated alkanes) is 14. The maximum Gasteiger partial charge on any atom is 0.222 e. The van der Waals surface area contributed by atoms with Crippen LogP contribution < -0.4 is 10.6 Å². The molecular weight excluding hydrogens is 1520 g/mol. The molecular formula is C86H155N3O28. The van der Waals surface area contributed by atoms with Crippen molar-refractivity contribution in [1.29, 1.82) is 0 Å². The van der Waals surface area contributed by atoms with Crippen LogP contribution in [0.1, 0.15) is 280 Å². The van der Waals surface area contributed by atoms with Crippen LogP contribution in [0.2, 0.25) is 0 Å². The Kier molecular flexibility index (Phi) is 56.9. The Morgan fingerprint density at radius 2 is 0.701 bits per heavy atom. The van der Waals surface area contributed by atoms with Gasteiger partial charge in [-0.05, 0) is 111 Å². The number of hydrogen-bond donors (Lipinski definition) is 12. The van der Waals surface area contributed by atoms with Crippen molar-refractivity contribution in [1.82, 2.24) is 15.5 Å². The molecule has 0 saturated carbocycles. The number of amides is 3. The second-order valence-electron chi connectivity index (χ2n) is 34.0. The van der Waals surface area contributed by atoms with E-state index in [1.54, 1.807) is 20.8 Å². The lowest BCUT2D eigenvalue weighted by Gasteiger charge is -2.40. The van der Waals surface area contributed by atoms with Gasteiger partial charge in [0.2, 0.25) is 17.7 Å². The van der Waals surface area contributed by atoms with Crippen molar-refractivity contribution in [3.05, 3.63) is 0 Å². The van der Waals surface area contributed by atoms with E-state index in [2.05, 4.69) is 10.6 Å². The Morgan fingerprint density at radius 1 is 0.385 bits per heavy atom. The highest BCUT2D eigenvalue weighted by atomic mass is 16.7. The number of likely N-dealkylation sites (tertiary alicyclic amines) is 1. The monoisotopic (exact) mass is 1680 g/mol. The van der Waals surface area contributed by atoms with E-state index in [1.807, 2.05) is 39.5 Å². The van der Waals surface area contributed by atoms with E-state index in [0.717, 1.165) is 44.9 Å². The van der Waals surface area contributed by atoms with E-state index in [4.69, 9.17) is 47.4 Å². The van der Waals surface area contributed by atoms with Gasteiger partial charge in [0, 0.05) is 146 Å². The molecule has 4 fully saturated rings. The lowest BCUT2D eigenvalue weighted by Crippen LogP contribution is -2.55. The van der Waals surface area contributed by atoms with Crippen molar-refractivity contribution in [2.24, 2.45) is 23.2 Å². The second kappa shape index (κ2) is 62.1. The standard InChI is InChI=1S/C63H112N2O24.C23H43NO4/c1-42-54(75)57(78)49(36-66)87-60(42)84-30-14-11-22-45(69)18-7-5-9-20-47(71)25-33-81-39-63(4,40-82-34-26-48(72)21-10-6-8-19-46(70)23-12-15-31-85-61-43(2)55(76)58(79)50(37-67)88-61)41-83-35-27-53(74)65-29-17-28-64-52(73)24-13-16-32-86-62-44(3)56(77)59(80)51(38-68)89-62;1-5-20(25)14-12-10-8-6-7-9-11-13-15-22(27)24-17-21(26)16-19(24)18-28-23(2,3)4/h42-44,49-51,54-62,66-68,75-80H,5-41H2,1-4H3,(H,64,73)(H,65,74);19,21,26H,5-18H2,1-4H3/t;19-,21+/m.0/s1. The first-order valence-electron chi connectivity index (χ1n) is 44.1. The molecule has 0 radical (unpaired) electrons. The third kappa shape index (κ3) is 46.3. The SMILES string of the molecule is CC1C(OCCCCC(=O)CCCCCC(=O)CCOCC(C)(COCCC(=O)CCCCCC(=O)CCCCOC2OC(CO)C(O)C(O)C2C)COCCC(=O)NCCCNC(=O)CCCCOC2OC(CO)C(O)C(O)C2C)OC(CO)C(O)C1O.CCC(=O)CCCCCCCCCCC(=O)N1C[C@H](O)C[C@H]1COC(C)(C)C. The first kappa shape index (κ1) is 107. The number of Topliss-reactive ketones (excluding diaryl/α,β-unsaturated/α-hetero) is 5. The molecule has 682 valence electrons. The summed E-state index contributed by atoms with van der Waals surface area (Å²) in [6.45, 7) is 17.1. The summed E-state index contributed by atoms with van der Waals surface area (Å²) in [6, 6.07) is 0.00122. The fourth-order valence-corrected chi connectivity index (χ4v) is 14.2. The van der Waals surface area contributed by atoms with Crippen LogP contribution >= 0.6 is 0 Å². The minimum Gasteiger partial charge on any atom is -0.394 e. The molecule has 4 aliphatic heterocycles. The predicted molar refractivity (Wildman–Crippen MR) is 435 cm³/mol. The van der Waals surface area contributed by atoms with Gasteiger partial charge in [-0.25, -0.2) is 0 Å². The van der Waals surface area contributed by atoms with Gasteiger partial charge >= 0.3 is 0 Å². The van der Waals surface area contributed by atoms with Gasteiger partial charge in [-0.15, -0.1) is 0 Å². The number of ether oxygens (including phenoxy) is 10. The number of aliphatic hydroxyl groups excluding tert-OH is 10. The smallest absolute Gasteiger partial charge is 0.222 e. The zero-order valence-corrected chi connectivity index (χ0v) is 72.1. The Morgan fingerprint density at radius 3 is 1.07 bits per heavy atom. The number of carbonyl (C=O) groups is 8. The first-order chi connectivity index (χ1) is 55.9. The summed E-state index contributed by atoms with van der Waals surface area (Å²) in [6.07, 6.45) is 10.4. The number of nitrogens with one attached hydrogen (secondary N) is 2. The van der Waals surface area contributed by atoms with Crippen LogP contribution in [0.3, 0.4) is 0 Å². The summed E-state index contributed by atoms with van der Waals surface area (Å²) in [5, 5.41) is 105. The van der Waals surface area contributed by atoms with E-state index < -0.39 is 123 Å². The van der Waals surface area contributed by atoms with Crippen molar-refractivity contribution in [2.45, 2.75) is 372 Å². The maximum atomic E-state index is 12.8.